The maximum Gasteiger partial charge on any atom is 0.303 e. The number of carbonyl (C=O) groups is 1. The van der Waals surface area contributed by atoms with Crippen LogP contribution in [0.15, 0.2) is 16.6 Å². The highest BCUT2D eigenvalue weighted by Crippen LogP contribution is 2.41. The van der Waals surface area contributed by atoms with Gasteiger partial charge in [0.15, 0.2) is 0 Å². The molecule has 6 heteroatoms. The number of hydrogen-bond donors (Lipinski definition) is 1. The normalized spacial score (nSPS) is 22.4. The fourth-order valence-corrected chi connectivity index (χ4v) is 3.67. The van der Waals surface area contributed by atoms with E-state index in [0.29, 0.717) is 11.5 Å². The molecule has 0 aliphatic carbocycles. The first kappa shape index (κ1) is 17.1. The number of carboxylic acid groups (broad SMARTS) is 1. The van der Waals surface area contributed by atoms with Crippen molar-refractivity contribution in [3.05, 3.63) is 22.2 Å². The van der Waals surface area contributed by atoms with Crippen molar-refractivity contribution in [2.24, 2.45) is 5.92 Å². The third kappa shape index (κ3) is 3.73. The minimum absolute atomic E-state index is 0.129. The summed E-state index contributed by atoms with van der Waals surface area (Å²) < 4.78 is 11.6. The molecule has 1 saturated heterocycles. The molecule has 5 nitrogen and oxygen atoms in total. The van der Waals surface area contributed by atoms with Crippen LogP contribution in [0.2, 0.25) is 0 Å². The minimum atomic E-state index is -0.740. The molecule has 0 aromatic heterocycles. The number of likely N-dealkylation sites (N-methyl/N-ethyl adjacent to an activating group) is 1. The lowest BCUT2D eigenvalue weighted by atomic mass is 9.79. The lowest BCUT2D eigenvalue weighted by Gasteiger charge is -2.36. The average molecular weight is 372 g/mol. The molecule has 0 spiro atoms. The van der Waals surface area contributed by atoms with Crippen molar-refractivity contribution in [1.29, 1.82) is 0 Å². The molecule has 1 aromatic rings. The van der Waals surface area contributed by atoms with Gasteiger partial charge in [0.2, 0.25) is 0 Å². The van der Waals surface area contributed by atoms with E-state index in [1.165, 1.54) is 0 Å². The summed E-state index contributed by atoms with van der Waals surface area (Å²) in [5.41, 5.74) is 1.06. The molecule has 1 aliphatic rings. The molecule has 1 aliphatic heterocycles. The number of piperidine rings is 1. The third-order valence-corrected chi connectivity index (χ3v) is 5.07. The van der Waals surface area contributed by atoms with Crippen molar-refractivity contribution in [2.45, 2.75) is 18.8 Å². The van der Waals surface area contributed by atoms with Gasteiger partial charge in [0, 0.05) is 18.9 Å². The Labute approximate surface area is 139 Å². The largest absolute Gasteiger partial charge is 0.495 e. The summed E-state index contributed by atoms with van der Waals surface area (Å²) in [7, 11) is 5.30. The van der Waals surface area contributed by atoms with Gasteiger partial charge in [-0.1, -0.05) is 0 Å². The van der Waals surface area contributed by atoms with Crippen LogP contribution in [-0.4, -0.2) is 50.3 Å². The highest BCUT2D eigenvalue weighted by molar-refractivity contribution is 9.10. The number of methoxy groups -OCH3 is 2. The van der Waals surface area contributed by atoms with Crippen LogP contribution < -0.4 is 9.47 Å². The van der Waals surface area contributed by atoms with Crippen molar-refractivity contribution in [2.75, 3.05) is 34.4 Å². The topological polar surface area (TPSA) is 59.0 Å². The van der Waals surface area contributed by atoms with Crippen molar-refractivity contribution in [3.8, 4) is 11.5 Å². The van der Waals surface area contributed by atoms with Gasteiger partial charge in [0.05, 0.1) is 14.2 Å². The van der Waals surface area contributed by atoms with Crippen LogP contribution >= 0.6 is 15.9 Å². The Hall–Kier alpha value is -1.27. The number of hydrogen-bond acceptors (Lipinski definition) is 4. The van der Waals surface area contributed by atoms with E-state index >= 15 is 0 Å². The number of likely N-dealkylation sites (tertiary alicyclic amines) is 1. The number of rotatable bonds is 5. The first-order chi connectivity index (χ1) is 10.5. The molecule has 0 saturated carbocycles. The van der Waals surface area contributed by atoms with E-state index in [2.05, 4.69) is 27.9 Å². The maximum absolute atomic E-state index is 11.2. The summed E-state index contributed by atoms with van der Waals surface area (Å²) in [4.78, 5) is 13.4. The molecule has 1 aromatic carbocycles. The van der Waals surface area contributed by atoms with E-state index in [0.717, 1.165) is 29.5 Å². The number of aliphatic carboxylic acids is 1. The van der Waals surface area contributed by atoms with E-state index in [1.54, 1.807) is 14.2 Å². The second-order valence-corrected chi connectivity index (χ2v) is 6.55. The molecule has 22 heavy (non-hydrogen) atoms. The molecule has 2 rings (SSSR count). The van der Waals surface area contributed by atoms with Crippen molar-refractivity contribution in [1.82, 2.24) is 4.90 Å². The molecule has 0 bridgehead atoms. The summed E-state index contributed by atoms with van der Waals surface area (Å²) in [5, 5.41) is 9.17. The Kier molecular flexibility index (Phi) is 5.69. The lowest BCUT2D eigenvalue weighted by molar-refractivity contribution is -0.138. The molecule has 0 radical (unpaired) electrons. The zero-order chi connectivity index (χ0) is 16.3. The zero-order valence-electron chi connectivity index (χ0n) is 13.1. The monoisotopic (exact) mass is 371 g/mol. The third-order valence-electron chi connectivity index (χ3n) is 4.29. The molecule has 0 amide bonds. The van der Waals surface area contributed by atoms with Gasteiger partial charge in [0.1, 0.15) is 16.0 Å². The van der Waals surface area contributed by atoms with Gasteiger partial charge in [-0.15, -0.1) is 0 Å². The second-order valence-electron chi connectivity index (χ2n) is 5.75. The summed E-state index contributed by atoms with van der Waals surface area (Å²) in [6.07, 6.45) is 1.08. The van der Waals surface area contributed by atoms with E-state index in [9.17, 15) is 9.90 Å². The first-order valence-electron chi connectivity index (χ1n) is 7.28. The van der Waals surface area contributed by atoms with Gasteiger partial charge in [-0.25, -0.2) is 0 Å². The summed E-state index contributed by atoms with van der Waals surface area (Å²) in [6.45, 7) is 1.77. The van der Waals surface area contributed by atoms with E-state index in [-0.39, 0.29) is 18.3 Å². The predicted octanol–water partition coefficient (Wildman–Crippen LogP) is 2.98. The molecule has 1 fully saturated rings. The molecule has 1 heterocycles. The van der Waals surface area contributed by atoms with Gasteiger partial charge in [-0.05, 0) is 59.6 Å². The molecule has 2 unspecified atom stereocenters. The Bertz CT molecular complexity index is 524. The highest BCUT2D eigenvalue weighted by atomic mass is 79.9. The fraction of sp³-hybridized carbons (Fsp3) is 0.562. The summed E-state index contributed by atoms with van der Waals surface area (Å²) in [5.74, 6) is 0.957. The van der Waals surface area contributed by atoms with Crippen LogP contribution in [0, 0.1) is 5.92 Å². The first-order valence-corrected chi connectivity index (χ1v) is 8.07. The van der Waals surface area contributed by atoms with Gasteiger partial charge in [0.25, 0.3) is 0 Å². The summed E-state index contributed by atoms with van der Waals surface area (Å²) in [6, 6.07) is 3.95. The summed E-state index contributed by atoms with van der Waals surface area (Å²) >= 11 is 3.47. The number of carboxylic acids is 1. The highest BCUT2D eigenvalue weighted by Gasteiger charge is 2.31. The van der Waals surface area contributed by atoms with E-state index < -0.39 is 5.97 Å². The van der Waals surface area contributed by atoms with Crippen LogP contribution in [0.25, 0.3) is 0 Å². The van der Waals surface area contributed by atoms with E-state index in [1.807, 2.05) is 12.1 Å². The Morgan fingerprint density at radius 3 is 2.45 bits per heavy atom. The molecule has 2 atom stereocenters. The van der Waals surface area contributed by atoms with Gasteiger partial charge in [-0.3, -0.25) is 4.79 Å². The van der Waals surface area contributed by atoms with E-state index in [4.69, 9.17) is 9.47 Å². The average Bonchev–Trinajstić information content (AvgIpc) is 2.49. The number of halogens is 1. The van der Waals surface area contributed by atoms with Crippen molar-refractivity contribution < 1.29 is 19.4 Å². The van der Waals surface area contributed by atoms with Crippen LogP contribution in [0.3, 0.4) is 0 Å². The number of benzene rings is 1. The SMILES string of the molecule is COc1cc(C2CN(C)CCC2CC(=O)O)cc(OC)c1Br. The smallest absolute Gasteiger partial charge is 0.303 e. The van der Waals surface area contributed by atoms with Crippen molar-refractivity contribution >= 4 is 21.9 Å². The standard InChI is InChI=1S/C16H22BrNO4/c1-18-5-4-10(8-15(19)20)12(9-18)11-6-13(21-2)16(17)14(7-11)22-3/h6-7,10,12H,4-5,8-9H2,1-3H3,(H,19,20). The molecular formula is C16H22BrNO4. The van der Waals surface area contributed by atoms with Gasteiger partial charge < -0.3 is 19.5 Å². The Morgan fingerprint density at radius 1 is 1.36 bits per heavy atom. The molecule has 122 valence electrons. The molecule has 1 N–H and O–H groups in total. The Morgan fingerprint density at radius 2 is 1.95 bits per heavy atom. The fourth-order valence-electron chi connectivity index (χ4n) is 3.11. The molecular weight excluding hydrogens is 350 g/mol. The lowest BCUT2D eigenvalue weighted by Crippen LogP contribution is -2.37. The van der Waals surface area contributed by atoms with Crippen LogP contribution in [-0.2, 0) is 4.79 Å². The minimum Gasteiger partial charge on any atom is -0.495 e. The quantitative estimate of drug-likeness (QED) is 0.861. The van der Waals surface area contributed by atoms with Crippen LogP contribution in [0.5, 0.6) is 11.5 Å². The zero-order valence-corrected chi connectivity index (χ0v) is 14.7. The van der Waals surface area contributed by atoms with Gasteiger partial charge >= 0.3 is 5.97 Å². The van der Waals surface area contributed by atoms with Crippen molar-refractivity contribution in [3.63, 3.8) is 0 Å². The Balaban J connectivity index is 2.39. The van der Waals surface area contributed by atoms with Crippen LogP contribution in [0.1, 0.15) is 24.3 Å². The second kappa shape index (κ2) is 7.33. The maximum atomic E-state index is 11.2. The number of nitrogens with zero attached hydrogens (tertiary/aromatic N) is 1. The van der Waals surface area contributed by atoms with Crippen LogP contribution in [0.4, 0.5) is 0 Å². The predicted molar refractivity (Wildman–Crippen MR) is 87.8 cm³/mol. The number of ether oxygens (including phenoxy) is 2. The van der Waals surface area contributed by atoms with Gasteiger partial charge in [-0.2, -0.15) is 0 Å².